The van der Waals surface area contributed by atoms with Gasteiger partial charge in [-0.15, -0.1) is 11.3 Å². The number of fused-ring (bicyclic) bond motifs is 1. The molecule has 0 spiro atoms. The van der Waals surface area contributed by atoms with Crippen LogP contribution in [0.5, 0.6) is 0 Å². The second-order valence-electron chi connectivity index (χ2n) is 4.02. The first-order valence-electron chi connectivity index (χ1n) is 5.72. The first kappa shape index (κ1) is 11.6. The van der Waals surface area contributed by atoms with E-state index in [1.165, 1.54) is 0 Å². The molecule has 0 saturated heterocycles. The highest BCUT2D eigenvalue weighted by Gasteiger charge is 2.13. The Bertz CT molecular complexity index is 772. The standard InChI is InChI=1S/C14H10N4S/c1-18(12-5-3-2-4-10(12)8-15)14-13-11(6-7-19-13)16-9-17-14/h2-7,9H,1H3. The van der Waals surface area contributed by atoms with E-state index >= 15 is 0 Å². The van der Waals surface area contributed by atoms with Crippen molar-refractivity contribution in [3.8, 4) is 6.07 Å². The molecule has 4 nitrogen and oxygen atoms in total. The minimum Gasteiger partial charge on any atom is -0.327 e. The summed E-state index contributed by atoms with van der Waals surface area (Å²) in [5.74, 6) is 0.822. The van der Waals surface area contributed by atoms with Gasteiger partial charge in [0.15, 0.2) is 5.82 Å². The highest BCUT2D eigenvalue weighted by molar-refractivity contribution is 7.17. The third kappa shape index (κ3) is 1.92. The molecule has 2 aromatic heterocycles. The molecule has 0 unspecified atom stereocenters. The number of aromatic nitrogens is 2. The molecule has 0 saturated carbocycles. The number of benzene rings is 1. The zero-order valence-corrected chi connectivity index (χ0v) is 11.1. The van der Waals surface area contributed by atoms with Crippen LogP contribution < -0.4 is 4.90 Å². The number of hydrogen-bond acceptors (Lipinski definition) is 5. The summed E-state index contributed by atoms with van der Waals surface area (Å²) in [6.07, 6.45) is 1.55. The summed E-state index contributed by atoms with van der Waals surface area (Å²) >= 11 is 1.60. The molecule has 92 valence electrons. The van der Waals surface area contributed by atoms with Gasteiger partial charge >= 0.3 is 0 Å². The zero-order valence-electron chi connectivity index (χ0n) is 10.2. The van der Waals surface area contributed by atoms with Crippen LogP contribution in [0.4, 0.5) is 11.5 Å². The minimum atomic E-state index is 0.633. The number of thiophene rings is 1. The molecule has 0 amide bonds. The Morgan fingerprint density at radius 3 is 2.89 bits per heavy atom. The van der Waals surface area contributed by atoms with Gasteiger partial charge in [0.2, 0.25) is 0 Å². The summed E-state index contributed by atoms with van der Waals surface area (Å²) in [5.41, 5.74) is 2.41. The molecule has 19 heavy (non-hydrogen) atoms. The van der Waals surface area contributed by atoms with Gasteiger partial charge in [-0.25, -0.2) is 9.97 Å². The lowest BCUT2D eigenvalue weighted by Crippen LogP contribution is -2.12. The largest absolute Gasteiger partial charge is 0.327 e. The van der Waals surface area contributed by atoms with Crippen molar-refractivity contribution in [3.05, 3.63) is 47.6 Å². The maximum atomic E-state index is 9.18. The SMILES string of the molecule is CN(c1ccccc1C#N)c1ncnc2ccsc12. The topological polar surface area (TPSA) is 52.8 Å². The lowest BCUT2D eigenvalue weighted by atomic mass is 10.2. The van der Waals surface area contributed by atoms with Crippen LogP contribution in [0, 0.1) is 11.3 Å². The van der Waals surface area contributed by atoms with E-state index in [1.54, 1.807) is 23.7 Å². The van der Waals surface area contributed by atoms with Gasteiger partial charge in [0.25, 0.3) is 0 Å². The van der Waals surface area contributed by atoms with Crippen molar-refractivity contribution in [1.82, 2.24) is 9.97 Å². The zero-order chi connectivity index (χ0) is 13.2. The van der Waals surface area contributed by atoms with Crippen molar-refractivity contribution in [1.29, 1.82) is 5.26 Å². The van der Waals surface area contributed by atoms with E-state index in [0.717, 1.165) is 21.7 Å². The molecule has 2 heterocycles. The first-order chi connectivity index (χ1) is 9.31. The number of para-hydroxylation sites is 1. The van der Waals surface area contributed by atoms with Gasteiger partial charge in [0, 0.05) is 7.05 Å². The molecule has 0 N–H and O–H groups in total. The third-order valence-electron chi connectivity index (χ3n) is 2.93. The minimum absolute atomic E-state index is 0.633. The maximum absolute atomic E-state index is 9.18. The monoisotopic (exact) mass is 266 g/mol. The predicted octanol–water partition coefficient (Wildman–Crippen LogP) is 3.33. The predicted molar refractivity (Wildman–Crippen MR) is 76.6 cm³/mol. The summed E-state index contributed by atoms with van der Waals surface area (Å²) in [7, 11) is 1.91. The smallest absolute Gasteiger partial charge is 0.154 e. The van der Waals surface area contributed by atoms with E-state index in [0.29, 0.717) is 5.56 Å². The van der Waals surface area contributed by atoms with Crippen LogP contribution in [0.25, 0.3) is 10.2 Å². The fourth-order valence-corrected chi connectivity index (χ4v) is 2.86. The van der Waals surface area contributed by atoms with Crippen LogP contribution in [-0.2, 0) is 0 Å². The van der Waals surface area contributed by atoms with Gasteiger partial charge in [0.05, 0.1) is 21.5 Å². The first-order valence-corrected chi connectivity index (χ1v) is 6.60. The Kier molecular flexibility index (Phi) is 2.86. The van der Waals surface area contributed by atoms with Crippen molar-refractivity contribution in [2.45, 2.75) is 0 Å². The van der Waals surface area contributed by atoms with Gasteiger partial charge in [-0.2, -0.15) is 5.26 Å². The average molecular weight is 266 g/mol. The fraction of sp³-hybridized carbons (Fsp3) is 0.0714. The van der Waals surface area contributed by atoms with E-state index in [4.69, 9.17) is 0 Å². The second-order valence-corrected chi connectivity index (χ2v) is 4.94. The van der Waals surface area contributed by atoms with Gasteiger partial charge in [0.1, 0.15) is 12.4 Å². The normalized spacial score (nSPS) is 10.3. The number of rotatable bonds is 2. The van der Waals surface area contributed by atoms with Gasteiger partial charge in [-0.1, -0.05) is 12.1 Å². The quantitative estimate of drug-likeness (QED) is 0.714. The lowest BCUT2D eigenvalue weighted by Gasteiger charge is -2.19. The summed E-state index contributed by atoms with van der Waals surface area (Å²) in [4.78, 5) is 10.5. The van der Waals surface area contributed by atoms with Gasteiger partial charge in [-0.3, -0.25) is 0 Å². The van der Waals surface area contributed by atoms with Gasteiger partial charge < -0.3 is 4.90 Å². The van der Waals surface area contributed by atoms with Crippen molar-refractivity contribution >= 4 is 33.1 Å². The highest BCUT2D eigenvalue weighted by atomic mass is 32.1. The fourth-order valence-electron chi connectivity index (χ4n) is 1.99. The van der Waals surface area contributed by atoms with Crippen LogP contribution in [0.15, 0.2) is 42.0 Å². The van der Waals surface area contributed by atoms with Crippen LogP contribution in [-0.4, -0.2) is 17.0 Å². The molecule has 3 aromatic rings. The van der Waals surface area contributed by atoms with E-state index in [9.17, 15) is 5.26 Å². The molecule has 0 bridgehead atoms. The number of nitrogens with zero attached hydrogens (tertiary/aromatic N) is 4. The number of nitriles is 1. The van der Waals surface area contributed by atoms with Crippen LogP contribution in [0.1, 0.15) is 5.56 Å². The van der Waals surface area contributed by atoms with Crippen LogP contribution >= 0.6 is 11.3 Å². The van der Waals surface area contributed by atoms with E-state index in [-0.39, 0.29) is 0 Å². The van der Waals surface area contributed by atoms with E-state index in [1.807, 2.05) is 41.6 Å². The van der Waals surface area contributed by atoms with Crippen LogP contribution in [0.3, 0.4) is 0 Å². The van der Waals surface area contributed by atoms with Crippen molar-refractivity contribution < 1.29 is 0 Å². The summed E-state index contributed by atoms with van der Waals surface area (Å²) < 4.78 is 1.03. The summed E-state index contributed by atoms with van der Waals surface area (Å²) in [6.45, 7) is 0. The van der Waals surface area contributed by atoms with Crippen molar-refractivity contribution in [3.63, 3.8) is 0 Å². The Balaban J connectivity index is 2.17. The van der Waals surface area contributed by atoms with E-state index in [2.05, 4.69) is 16.0 Å². The van der Waals surface area contributed by atoms with Crippen molar-refractivity contribution in [2.75, 3.05) is 11.9 Å². The maximum Gasteiger partial charge on any atom is 0.154 e. The Morgan fingerprint density at radius 2 is 2.05 bits per heavy atom. The van der Waals surface area contributed by atoms with Gasteiger partial charge in [-0.05, 0) is 23.6 Å². The molecular formula is C14H10N4S. The Hall–Kier alpha value is -2.45. The van der Waals surface area contributed by atoms with Crippen LogP contribution in [0.2, 0.25) is 0 Å². The number of anilines is 2. The summed E-state index contributed by atoms with van der Waals surface area (Å²) in [6, 6.07) is 11.7. The van der Waals surface area contributed by atoms with Crippen molar-refractivity contribution in [2.24, 2.45) is 0 Å². The molecular weight excluding hydrogens is 256 g/mol. The molecule has 5 heteroatoms. The Morgan fingerprint density at radius 1 is 1.21 bits per heavy atom. The number of hydrogen-bond donors (Lipinski definition) is 0. The summed E-state index contributed by atoms with van der Waals surface area (Å²) in [5, 5.41) is 11.2. The lowest BCUT2D eigenvalue weighted by molar-refractivity contribution is 1.11. The molecule has 0 aliphatic rings. The molecule has 1 aromatic carbocycles. The molecule has 0 fully saturated rings. The molecule has 0 aliphatic carbocycles. The third-order valence-corrected chi connectivity index (χ3v) is 3.83. The Labute approximate surface area is 114 Å². The highest BCUT2D eigenvalue weighted by Crippen LogP contribution is 2.32. The van der Waals surface area contributed by atoms with E-state index < -0.39 is 0 Å². The molecule has 3 rings (SSSR count). The second kappa shape index (κ2) is 4.67. The average Bonchev–Trinajstić information content (AvgIpc) is 2.94. The molecule has 0 aliphatic heterocycles. The molecule has 0 radical (unpaired) electrons. The molecule has 0 atom stereocenters.